The molecule has 0 unspecified atom stereocenters. The van der Waals surface area contributed by atoms with Crippen LogP contribution in [0.1, 0.15) is 17.5 Å². The van der Waals surface area contributed by atoms with Crippen LogP contribution in [0.15, 0.2) is 24.3 Å². The predicted octanol–water partition coefficient (Wildman–Crippen LogP) is 1.79. The minimum Gasteiger partial charge on any atom is -0.304 e. The highest BCUT2D eigenvalue weighted by Crippen LogP contribution is 2.24. The highest BCUT2D eigenvalue weighted by atomic mass is 15.3. The largest absolute Gasteiger partial charge is 0.304 e. The van der Waals surface area contributed by atoms with Crippen LogP contribution in [0.25, 0.3) is 0 Å². The molecule has 1 aromatic carbocycles. The Morgan fingerprint density at radius 3 is 2.47 bits per heavy atom. The van der Waals surface area contributed by atoms with Crippen molar-refractivity contribution in [3.63, 3.8) is 0 Å². The molecule has 1 saturated heterocycles. The predicted molar refractivity (Wildman–Crippen MR) is 71.3 cm³/mol. The number of fused-ring (bicyclic) bond motifs is 1. The van der Waals surface area contributed by atoms with Crippen LogP contribution < -0.4 is 0 Å². The van der Waals surface area contributed by atoms with Crippen LogP contribution in [0, 0.1) is 0 Å². The third-order valence-corrected chi connectivity index (χ3v) is 4.38. The van der Waals surface area contributed by atoms with Crippen LogP contribution in [-0.2, 0) is 12.8 Å². The maximum absolute atomic E-state index is 2.70. The Kier molecular flexibility index (Phi) is 3.17. The van der Waals surface area contributed by atoms with Crippen molar-refractivity contribution in [1.29, 1.82) is 0 Å². The normalized spacial score (nSPS) is 26.8. The molecular formula is C15H22N2. The number of rotatable bonds is 1. The number of likely N-dealkylation sites (N-methyl/N-ethyl adjacent to an activating group) is 1. The molecule has 1 heterocycles. The first-order valence-corrected chi connectivity index (χ1v) is 6.82. The molecule has 0 radical (unpaired) electrons. The average molecular weight is 230 g/mol. The third-order valence-electron chi connectivity index (χ3n) is 4.38. The Bertz CT molecular complexity index is 380. The summed E-state index contributed by atoms with van der Waals surface area (Å²) >= 11 is 0. The molecule has 3 rings (SSSR count). The van der Waals surface area contributed by atoms with Gasteiger partial charge in [-0.05, 0) is 37.4 Å². The van der Waals surface area contributed by atoms with E-state index in [1.165, 1.54) is 45.4 Å². The molecular weight excluding hydrogens is 208 g/mol. The van der Waals surface area contributed by atoms with E-state index in [1.807, 2.05) is 0 Å². The first-order chi connectivity index (χ1) is 8.33. The van der Waals surface area contributed by atoms with Gasteiger partial charge in [0.25, 0.3) is 0 Å². The van der Waals surface area contributed by atoms with Crippen LogP contribution in [0.4, 0.5) is 0 Å². The van der Waals surface area contributed by atoms with E-state index in [1.54, 1.807) is 11.1 Å². The smallest absolute Gasteiger partial charge is 0.0140 e. The molecule has 0 saturated carbocycles. The number of benzene rings is 1. The van der Waals surface area contributed by atoms with Crippen molar-refractivity contribution in [3.8, 4) is 0 Å². The lowest BCUT2D eigenvalue weighted by molar-refractivity contribution is 0.104. The zero-order valence-electron chi connectivity index (χ0n) is 10.7. The summed E-state index contributed by atoms with van der Waals surface area (Å²) in [6.07, 6.45) is 3.88. The summed E-state index contributed by atoms with van der Waals surface area (Å²) in [5.41, 5.74) is 3.17. The maximum Gasteiger partial charge on any atom is 0.0140 e. The van der Waals surface area contributed by atoms with Crippen LogP contribution in [0.5, 0.6) is 0 Å². The summed E-state index contributed by atoms with van der Waals surface area (Å²) in [5.74, 6) is 0. The van der Waals surface area contributed by atoms with E-state index in [0.717, 1.165) is 6.04 Å². The summed E-state index contributed by atoms with van der Waals surface area (Å²) in [5, 5.41) is 0. The van der Waals surface area contributed by atoms with Crippen LogP contribution in [0.3, 0.4) is 0 Å². The Labute approximate surface area is 104 Å². The van der Waals surface area contributed by atoms with Gasteiger partial charge in [-0.1, -0.05) is 24.3 Å². The Morgan fingerprint density at radius 2 is 1.71 bits per heavy atom. The minimum atomic E-state index is 0.790. The second kappa shape index (κ2) is 4.79. The number of hydrogen-bond acceptors (Lipinski definition) is 2. The summed E-state index contributed by atoms with van der Waals surface area (Å²) in [6.45, 7) is 4.98. The van der Waals surface area contributed by atoms with Crippen LogP contribution in [0.2, 0.25) is 0 Å². The molecule has 1 fully saturated rings. The Morgan fingerprint density at radius 1 is 1.00 bits per heavy atom. The van der Waals surface area contributed by atoms with Crippen molar-refractivity contribution in [3.05, 3.63) is 35.4 Å². The van der Waals surface area contributed by atoms with Gasteiger partial charge < -0.3 is 4.90 Å². The van der Waals surface area contributed by atoms with Gasteiger partial charge in [0.1, 0.15) is 0 Å². The number of piperazine rings is 1. The van der Waals surface area contributed by atoms with E-state index >= 15 is 0 Å². The fourth-order valence-corrected chi connectivity index (χ4v) is 3.18. The molecule has 1 atom stereocenters. The lowest BCUT2D eigenvalue weighted by atomic mass is 9.87. The minimum absolute atomic E-state index is 0.790. The van der Waals surface area contributed by atoms with Crippen molar-refractivity contribution in [2.75, 3.05) is 33.2 Å². The molecule has 1 aliphatic heterocycles. The third kappa shape index (κ3) is 2.38. The summed E-state index contributed by atoms with van der Waals surface area (Å²) < 4.78 is 0. The van der Waals surface area contributed by atoms with Crippen LogP contribution >= 0.6 is 0 Å². The molecule has 0 aromatic heterocycles. The fraction of sp³-hybridized carbons (Fsp3) is 0.600. The first kappa shape index (κ1) is 11.2. The molecule has 0 spiro atoms. The van der Waals surface area contributed by atoms with Gasteiger partial charge in [0.05, 0.1) is 0 Å². The molecule has 1 aliphatic carbocycles. The van der Waals surface area contributed by atoms with Gasteiger partial charge in [0.15, 0.2) is 0 Å². The van der Waals surface area contributed by atoms with E-state index in [9.17, 15) is 0 Å². The fourth-order valence-electron chi connectivity index (χ4n) is 3.18. The van der Waals surface area contributed by atoms with Gasteiger partial charge in [0.2, 0.25) is 0 Å². The zero-order chi connectivity index (χ0) is 11.7. The molecule has 2 aliphatic rings. The SMILES string of the molecule is CN1CCN([C@H]2CCc3ccccc3C2)CC1. The zero-order valence-corrected chi connectivity index (χ0v) is 10.7. The standard InChI is InChI=1S/C15H22N2/c1-16-8-10-17(11-9-16)15-7-6-13-4-2-3-5-14(13)12-15/h2-5,15H,6-12H2,1H3/t15-/m0/s1. The second-order valence-corrected chi connectivity index (χ2v) is 5.50. The molecule has 0 N–H and O–H groups in total. The second-order valence-electron chi connectivity index (χ2n) is 5.50. The number of nitrogens with zero attached hydrogens (tertiary/aromatic N) is 2. The van der Waals surface area contributed by atoms with Crippen molar-refractivity contribution in [2.45, 2.75) is 25.3 Å². The van der Waals surface area contributed by atoms with Gasteiger partial charge >= 0.3 is 0 Å². The number of aryl methyl sites for hydroxylation is 1. The molecule has 92 valence electrons. The summed E-state index contributed by atoms with van der Waals surface area (Å²) in [7, 11) is 2.23. The first-order valence-electron chi connectivity index (χ1n) is 6.82. The maximum atomic E-state index is 2.70. The molecule has 0 amide bonds. The Hall–Kier alpha value is -0.860. The topological polar surface area (TPSA) is 6.48 Å². The van der Waals surface area contributed by atoms with Gasteiger partial charge in [-0.2, -0.15) is 0 Å². The monoisotopic (exact) mass is 230 g/mol. The summed E-state index contributed by atoms with van der Waals surface area (Å²) in [4.78, 5) is 5.14. The van der Waals surface area contributed by atoms with Crippen molar-refractivity contribution in [2.24, 2.45) is 0 Å². The van der Waals surface area contributed by atoms with E-state index in [0.29, 0.717) is 0 Å². The quantitative estimate of drug-likeness (QED) is 0.726. The van der Waals surface area contributed by atoms with E-state index in [2.05, 4.69) is 41.1 Å². The Balaban J connectivity index is 1.68. The van der Waals surface area contributed by atoms with Gasteiger partial charge in [-0.25, -0.2) is 0 Å². The summed E-state index contributed by atoms with van der Waals surface area (Å²) in [6, 6.07) is 9.77. The van der Waals surface area contributed by atoms with Crippen molar-refractivity contribution < 1.29 is 0 Å². The lowest BCUT2D eigenvalue weighted by Gasteiger charge is -2.40. The number of hydrogen-bond donors (Lipinski definition) is 0. The molecule has 2 nitrogen and oxygen atoms in total. The molecule has 17 heavy (non-hydrogen) atoms. The van der Waals surface area contributed by atoms with Gasteiger partial charge in [0, 0.05) is 32.2 Å². The molecule has 0 bridgehead atoms. The van der Waals surface area contributed by atoms with E-state index in [4.69, 9.17) is 0 Å². The van der Waals surface area contributed by atoms with Gasteiger partial charge in [-0.3, -0.25) is 4.90 Å². The highest BCUT2D eigenvalue weighted by Gasteiger charge is 2.25. The van der Waals surface area contributed by atoms with Crippen molar-refractivity contribution in [1.82, 2.24) is 9.80 Å². The molecule has 2 heteroatoms. The highest BCUT2D eigenvalue weighted by molar-refractivity contribution is 5.30. The van der Waals surface area contributed by atoms with E-state index < -0.39 is 0 Å². The van der Waals surface area contributed by atoms with Crippen molar-refractivity contribution >= 4 is 0 Å². The van der Waals surface area contributed by atoms with Gasteiger partial charge in [-0.15, -0.1) is 0 Å². The van der Waals surface area contributed by atoms with E-state index in [-0.39, 0.29) is 0 Å². The average Bonchev–Trinajstić information content (AvgIpc) is 2.39. The van der Waals surface area contributed by atoms with Crippen LogP contribution in [-0.4, -0.2) is 49.1 Å². The molecule has 1 aromatic rings. The lowest BCUT2D eigenvalue weighted by Crippen LogP contribution is -2.50.